The van der Waals surface area contributed by atoms with E-state index >= 15 is 0 Å². The number of nitrogens with zero attached hydrogens (tertiary/aromatic N) is 10. The molecule has 4 aliphatic carbocycles. The van der Waals surface area contributed by atoms with Gasteiger partial charge in [-0.05, 0) is 69.1 Å². The van der Waals surface area contributed by atoms with Crippen molar-refractivity contribution < 1.29 is 80.8 Å². The number of aromatic nitrogens is 9. The summed E-state index contributed by atoms with van der Waals surface area (Å²) < 4.78 is 10.4. The fourth-order valence-electron chi connectivity index (χ4n) is 14.0. The average Bonchev–Trinajstić information content (AvgIpc) is 1.56. The number of rotatable bonds is 11. The number of hydrogen-bond donors (Lipinski definition) is 8. The molecule has 0 saturated heterocycles. The predicted octanol–water partition coefficient (Wildman–Crippen LogP) is 4.36. The molecule has 14 rings (SSSR count). The first-order valence-corrected chi connectivity index (χ1v) is 30.3. The Morgan fingerprint density at radius 2 is 0.967 bits per heavy atom. The van der Waals surface area contributed by atoms with Crippen LogP contribution in [-0.4, -0.2) is 84.7 Å². The zero-order chi connectivity index (χ0) is 62.4. The Morgan fingerprint density at radius 3 is 1.40 bits per heavy atom. The zero-order valence-electron chi connectivity index (χ0n) is 51.7. The Balaban J connectivity index is 0.000000162. The molecule has 4 fully saturated rings. The molecule has 9 heterocycles. The van der Waals surface area contributed by atoms with Gasteiger partial charge >= 0.3 is 51.4 Å². The molecule has 7 aromatic rings. The number of methoxy groups -OCH3 is 1. The summed E-state index contributed by atoms with van der Waals surface area (Å²) in [4.78, 5) is 118. The van der Waals surface area contributed by atoms with Crippen LogP contribution in [-0.2, 0) is 49.1 Å². The van der Waals surface area contributed by atoms with E-state index in [2.05, 4.69) is 61.8 Å². The van der Waals surface area contributed by atoms with Crippen molar-refractivity contribution in [3.05, 3.63) is 150 Å². The summed E-state index contributed by atoms with van der Waals surface area (Å²) in [6.45, 7) is 0.433. The Labute approximate surface area is 573 Å². The summed E-state index contributed by atoms with van der Waals surface area (Å²) in [5.41, 5.74) is 14.3. The summed E-state index contributed by atoms with van der Waals surface area (Å²) >= 11 is 0. The largest absolute Gasteiger partial charge is 1.00 e. The minimum absolute atomic E-state index is 0. The molecule has 3 spiro atoms. The van der Waals surface area contributed by atoms with Crippen LogP contribution in [0.15, 0.2) is 94.4 Å². The van der Waals surface area contributed by atoms with Gasteiger partial charge in [0.2, 0.25) is 22.2 Å². The Hall–Kier alpha value is -8.41. The zero-order valence-corrected chi connectivity index (χ0v) is 54.8. The predicted molar refractivity (Wildman–Crippen MR) is 342 cm³/mol. The van der Waals surface area contributed by atoms with Crippen LogP contribution in [0.2, 0.25) is 0 Å². The summed E-state index contributed by atoms with van der Waals surface area (Å²) in [6, 6.07) is 12.5. The van der Waals surface area contributed by atoms with Crippen molar-refractivity contribution in [2.45, 2.75) is 140 Å². The maximum atomic E-state index is 13.9. The van der Waals surface area contributed by atoms with Gasteiger partial charge in [0.15, 0.2) is 0 Å². The third-order valence-corrected chi connectivity index (χ3v) is 18.3. The molecule has 3 aliphatic heterocycles. The van der Waals surface area contributed by atoms with E-state index in [0.29, 0.717) is 92.3 Å². The molecule has 0 unspecified atom stereocenters. The molecule has 6 aromatic heterocycles. The topological polar surface area (TPSA) is 378 Å². The van der Waals surface area contributed by atoms with E-state index in [1.165, 1.54) is 19.0 Å². The molecule has 28 heteroatoms. The van der Waals surface area contributed by atoms with Crippen LogP contribution in [0.3, 0.4) is 0 Å². The van der Waals surface area contributed by atoms with E-state index in [1.54, 1.807) is 71.7 Å². The van der Waals surface area contributed by atoms with Gasteiger partial charge in [-0.25, -0.2) is 29.9 Å². The van der Waals surface area contributed by atoms with Crippen molar-refractivity contribution in [3.63, 3.8) is 0 Å². The smallest absolute Gasteiger partial charge is 0.870 e. The molecular formula is C64H77KN18O9. The van der Waals surface area contributed by atoms with Gasteiger partial charge in [0, 0.05) is 70.4 Å². The quantitative estimate of drug-likeness (QED) is 0.0834. The number of hydrogen-bond acceptors (Lipinski definition) is 20. The third-order valence-electron chi connectivity index (χ3n) is 18.3. The Kier molecular flexibility index (Phi) is 20.5. The average molecular weight is 1280 g/mol. The first-order valence-electron chi connectivity index (χ1n) is 30.3. The monoisotopic (exact) mass is 1280 g/mol. The molecule has 4 saturated carbocycles. The van der Waals surface area contributed by atoms with Crippen molar-refractivity contribution in [1.82, 2.24) is 59.1 Å². The van der Waals surface area contributed by atoms with Crippen LogP contribution < -0.4 is 116 Å². The van der Waals surface area contributed by atoms with E-state index in [9.17, 15) is 33.6 Å². The maximum absolute atomic E-state index is 13.9. The number of carbonyl (C=O) groups excluding carboxylic acids is 4. The SMILES string of the molecule is C.COc1ccc(CN2C(=O)c3c(c(=O)c(Nc4cc(N)ncn4)cn3C)C23CCCCC3)cc1.Cn1cc(Nc2cc(N)ncn2)c(=O)c2c1C(=O)NC21CCCCC1.Cn1cc(Nc2cc(NC(=O)C3CC3)ncn2)c(=O)c2c1C(=O)NC21CCCCC1.[K+].[OH-]. The van der Waals surface area contributed by atoms with E-state index in [-0.39, 0.29) is 110 Å². The first kappa shape index (κ1) is 68.0. The number of ether oxygens (including phenoxy) is 1. The van der Waals surface area contributed by atoms with Gasteiger partial charge < -0.3 is 72.2 Å². The second-order valence-corrected chi connectivity index (χ2v) is 24.2. The van der Waals surface area contributed by atoms with Crippen LogP contribution in [0.25, 0.3) is 0 Å². The number of amides is 4. The molecule has 0 bridgehead atoms. The summed E-state index contributed by atoms with van der Waals surface area (Å²) in [5.74, 6) is 2.61. The normalized spacial score (nSPS) is 17.3. The molecule has 92 heavy (non-hydrogen) atoms. The van der Waals surface area contributed by atoms with Crippen LogP contribution in [0.1, 0.15) is 170 Å². The standard InChI is InChI=1S/C25H28N6O3.C21H24N6O3.C17H20N6O2.CH4.K.H2O/c1-30-14-18(29-20-12-19(26)27-15-28-20)23(32)21-22(30)24(33)31(25(21)10-4-3-5-11-25)13-16-6-8-17(34-2)9-7-16;1-27-10-13(24-14-9-15(23-11-22-14)25-19(29)12-5-6-12)18(28)16-17(27)20(30)26-21(16)7-3-2-4-8-21;1-23-8-10(21-12-7-11(18)19-9-20-12)15(24)13-14(23)16(25)22-17(13)5-3-2-4-6-17;;;/h6-9,12,14-15H,3-5,10-11,13H2,1-2H3,(H3,26,27,28,29);9-12H,2-8H2,1H3,(H,26,30)(H2,22,23,24,25,29);7-9H,2-6H2,1H3,(H,22,25)(H3,18,19,20,21);1H4;;1H2/q;;;;+1;/p-1. The van der Waals surface area contributed by atoms with Gasteiger partial charge in [-0.1, -0.05) is 77.3 Å². The fourth-order valence-corrected chi connectivity index (χ4v) is 14.0. The molecular weight excluding hydrogens is 1200 g/mol. The Bertz CT molecular complexity index is 4150. The minimum atomic E-state index is -0.623. The minimum Gasteiger partial charge on any atom is -0.870 e. The third kappa shape index (κ3) is 13.2. The van der Waals surface area contributed by atoms with Gasteiger partial charge in [-0.2, -0.15) is 0 Å². The molecule has 478 valence electrons. The number of nitrogens with one attached hydrogen (secondary N) is 6. The number of benzene rings is 1. The summed E-state index contributed by atoms with van der Waals surface area (Å²) in [6.07, 6.45) is 24.7. The Morgan fingerprint density at radius 1 is 0.565 bits per heavy atom. The first-order chi connectivity index (χ1) is 42.9. The van der Waals surface area contributed by atoms with Crippen molar-refractivity contribution >= 4 is 75.6 Å². The van der Waals surface area contributed by atoms with Crippen molar-refractivity contribution in [3.8, 4) is 5.75 Å². The number of fused-ring (bicyclic) bond motifs is 6. The second kappa shape index (κ2) is 27.8. The number of nitrogens with two attached hydrogens (primary N) is 2. The van der Waals surface area contributed by atoms with Gasteiger partial charge in [0.05, 0.1) is 40.4 Å². The summed E-state index contributed by atoms with van der Waals surface area (Å²) in [7, 11) is 6.98. The van der Waals surface area contributed by atoms with Crippen LogP contribution in [0.5, 0.6) is 5.75 Å². The van der Waals surface area contributed by atoms with Crippen molar-refractivity contribution in [2.24, 2.45) is 27.1 Å². The molecule has 0 radical (unpaired) electrons. The number of nitrogen functional groups attached to an aromatic ring is 2. The number of aryl methyl sites for hydroxylation is 3. The van der Waals surface area contributed by atoms with Crippen molar-refractivity contribution in [1.29, 1.82) is 0 Å². The molecule has 27 nitrogen and oxygen atoms in total. The fraction of sp³-hybridized carbons (Fsp3) is 0.422. The van der Waals surface area contributed by atoms with Crippen LogP contribution in [0.4, 0.5) is 52.0 Å². The van der Waals surface area contributed by atoms with Gasteiger partial charge in [0.1, 0.15) is 93.8 Å². The van der Waals surface area contributed by atoms with E-state index in [1.807, 2.05) is 36.2 Å². The van der Waals surface area contributed by atoms with Gasteiger partial charge in [-0.15, -0.1) is 0 Å². The van der Waals surface area contributed by atoms with Crippen molar-refractivity contribution in [2.75, 3.05) is 39.8 Å². The van der Waals surface area contributed by atoms with E-state index < -0.39 is 16.6 Å². The van der Waals surface area contributed by atoms with Crippen LogP contribution in [0, 0.1) is 5.92 Å². The molecule has 7 aliphatic rings. The van der Waals surface area contributed by atoms with Gasteiger partial charge in [-0.3, -0.25) is 33.6 Å². The number of anilines is 9. The van der Waals surface area contributed by atoms with Gasteiger partial charge in [0.25, 0.3) is 17.7 Å². The number of carbonyl (C=O) groups is 4. The van der Waals surface area contributed by atoms with Crippen LogP contribution >= 0.6 is 0 Å². The molecule has 4 amide bonds. The van der Waals surface area contributed by atoms with E-state index in [4.69, 9.17) is 16.2 Å². The molecule has 11 N–H and O–H groups in total. The maximum Gasteiger partial charge on any atom is 1.00 e. The van der Waals surface area contributed by atoms with E-state index in [0.717, 1.165) is 120 Å². The summed E-state index contributed by atoms with van der Waals surface area (Å²) in [5, 5.41) is 18.1. The second-order valence-electron chi connectivity index (χ2n) is 24.2. The number of pyridine rings is 3. The molecule has 1 aromatic carbocycles. The molecule has 0 atom stereocenters.